The molecule has 7 nitrogen and oxygen atoms in total. The molecule has 0 saturated carbocycles. The molecule has 1 aromatic rings. The second-order valence-corrected chi connectivity index (χ2v) is 5.64. The number of nitrogens with zero attached hydrogens (tertiary/aromatic N) is 2. The van der Waals surface area contributed by atoms with Crippen LogP contribution in [0, 0.1) is 5.82 Å². The lowest BCUT2D eigenvalue weighted by Crippen LogP contribution is -2.30. The van der Waals surface area contributed by atoms with Gasteiger partial charge < -0.3 is 15.2 Å². The van der Waals surface area contributed by atoms with Gasteiger partial charge in [0.25, 0.3) is 0 Å². The van der Waals surface area contributed by atoms with E-state index in [4.69, 9.17) is 15.2 Å². The first-order valence-electron chi connectivity index (χ1n) is 6.48. The summed E-state index contributed by atoms with van der Waals surface area (Å²) in [5.74, 6) is -1.07. The number of hydrogen-bond donors (Lipinski definition) is 1. The van der Waals surface area contributed by atoms with Crippen LogP contribution in [0.25, 0.3) is 0 Å². The van der Waals surface area contributed by atoms with Gasteiger partial charge in [0.1, 0.15) is 18.3 Å². The van der Waals surface area contributed by atoms with Gasteiger partial charge in [0.05, 0.1) is 6.20 Å². The van der Waals surface area contributed by atoms with Crippen molar-refractivity contribution in [3.63, 3.8) is 0 Å². The van der Waals surface area contributed by atoms with E-state index in [-0.39, 0.29) is 18.0 Å². The van der Waals surface area contributed by atoms with Gasteiger partial charge in [0, 0.05) is 12.2 Å². The Morgan fingerprint density at radius 1 is 1.71 bits per heavy atom. The third kappa shape index (κ3) is 3.94. The molecule has 2 heterocycles. The number of ether oxygens (including phenoxy) is 2. The molecule has 2 atom stereocenters. The summed E-state index contributed by atoms with van der Waals surface area (Å²) in [5, 5.41) is 0. The van der Waals surface area contributed by atoms with Gasteiger partial charge in [-0.05, 0) is 6.42 Å². The molecule has 1 aliphatic heterocycles. The minimum atomic E-state index is -0.777. The number of esters is 1. The van der Waals surface area contributed by atoms with Crippen LogP contribution in [0.1, 0.15) is 26.0 Å². The zero-order valence-electron chi connectivity index (χ0n) is 11.5. The van der Waals surface area contributed by atoms with E-state index >= 15 is 0 Å². The molecule has 0 unspecified atom stereocenters. The second-order valence-electron chi connectivity index (χ2n) is 4.45. The smallest absolute Gasteiger partial charge is 0.351 e. The third-order valence-corrected chi connectivity index (χ3v) is 3.91. The molecule has 0 amide bonds. The van der Waals surface area contributed by atoms with Crippen LogP contribution in [0.5, 0.6) is 0 Å². The Kier molecular flexibility index (Phi) is 5.18. The van der Waals surface area contributed by atoms with Gasteiger partial charge >= 0.3 is 11.7 Å². The van der Waals surface area contributed by atoms with Crippen LogP contribution >= 0.6 is 11.8 Å². The van der Waals surface area contributed by atoms with E-state index in [1.165, 1.54) is 11.8 Å². The van der Waals surface area contributed by atoms with E-state index in [9.17, 15) is 14.0 Å². The molecule has 21 heavy (non-hydrogen) atoms. The van der Waals surface area contributed by atoms with Gasteiger partial charge in [0.15, 0.2) is 11.6 Å². The summed E-state index contributed by atoms with van der Waals surface area (Å²) in [7, 11) is 0. The molecule has 0 aliphatic carbocycles. The zero-order chi connectivity index (χ0) is 15.4. The Bertz CT molecular complexity index is 580. The highest BCUT2D eigenvalue weighted by molar-refractivity contribution is 8.00. The fraction of sp³-hybridized carbons (Fsp3) is 0.583. The first kappa shape index (κ1) is 15.8. The number of aromatic nitrogens is 2. The predicted octanol–water partition coefficient (Wildman–Crippen LogP) is 0.896. The number of halogens is 1. The van der Waals surface area contributed by atoms with Crippen molar-refractivity contribution in [2.24, 2.45) is 0 Å². The topological polar surface area (TPSA) is 96.4 Å². The summed E-state index contributed by atoms with van der Waals surface area (Å²) in [6.07, 6.45) is 1.39. The van der Waals surface area contributed by atoms with Crippen LogP contribution in [-0.4, -0.2) is 33.3 Å². The van der Waals surface area contributed by atoms with Crippen molar-refractivity contribution in [1.29, 1.82) is 0 Å². The minimum Gasteiger partial charge on any atom is -0.462 e. The lowest BCUT2D eigenvalue weighted by Gasteiger charge is -2.15. The Morgan fingerprint density at radius 3 is 3.19 bits per heavy atom. The summed E-state index contributed by atoms with van der Waals surface area (Å²) >= 11 is 1.38. The molecule has 2 rings (SSSR count). The van der Waals surface area contributed by atoms with E-state index in [0.29, 0.717) is 18.6 Å². The number of carbonyl (C=O) groups excluding carboxylic acids is 1. The Labute approximate surface area is 124 Å². The predicted molar refractivity (Wildman–Crippen MR) is 75.1 cm³/mol. The van der Waals surface area contributed by atoms with Crippen molar-refractivity contribution in [3.8, 4) is 0 Å². The van der Waals surface area contributed by atoms with Crippen molar-refractivity contribution in [3.05, 3.63) is 22.5 Å². The van der Waals surface area contributed by atoms with Crippen LogP contribution in [0.4, 0.5) is 10.2 Å². The van der Waals surface area contributed by atoms with Crippen molar-refractivity contribution < 1.29 is 18.7 Å². The summed E-state index contributed by atoms with van der Waals surface area (Å²) < 4.78 is 25.0. The third-order valence-electron chi connectivity index (χ3n) is 2.81. The maximum Gasteiger partial charge on any atom is 0.351 e. The fourth-order valence-corrected chi connectivity index (χ4v) is 2.77. The number of carbonyl (C=O) groups is 1. The number of thioether (sulfide) groups is 1. The molecule has 9 heteroatoms. The zero-order valence-corrected chi connectivity index (χ0v) is 12.3. The Hall–Kier alpha value is -1.61. The van der Waals surface area contributed by atoms with E-state index in [0.717, 1.165) is 10.8 Å². The second kappa shape index (κ2) is 6.90. The van der Waals surface area contributed by atoms with Crippen molar-refractivity contribution in [2.45, 2.75) is 31.4 Å². The average molecular weight is 317 g/mol. The molecule has 0 bridgehead atoms. The molecule has 1 saturated heterocycles. The summed E-state index contributed by atoms with van der Waals surface area (Å²) in [6.45, 7) is 1.98. The summed E-state index contributed by atoms with van der Waals surface area (Å²) in [6, 6.07) is 0. The highest BCUT2D eigenvalue weighted by Gasteiger charge is 2.29. The minimum absolute atomic E-state index is 0.0969. The SMILES string of the molecule is CCCC(=O)OC[C@@H]1O[C@H](n2cc(F)c(N)nc2=O)CS1. The first-order valence-corrected chi connectivity index (χ1v) is 7.53. The highest BCUT2D eigenvalue weighted by Crippen LogP contribution is 2.31. The summed E-state index contributed by atoms with van der Waals surface area (Å²) in [4.78, 5) is 26.3. The van der Waals surface area contributed by atoms with Crippen molar-refractivity contribution >= 4 is 23.5 Å². The first-order chi connectivity index (χ1) is 10.0. The highest BCUT2D eigenvalue weighted by atomic mass is 32.2. The van der Waals surface area contributed by atoms with Gasteiger partial charge in [-0.25, -0.2) is 9.18 Å². The maximum atomic E-state index is 13.4. The van der Waals surface area contributed by atoms with E-state index in [1.807, 2.05) is 6.92 Å². The standard InChI is InChI=1S/C12H16FN3O4S/c1-2-3-9(17)19-5-10-20-8(6-21-10)16-4-7(13)11(14)15-12(16)18/h4,8,10H,2-3,5-6H2,1H3,(H2,14,15,18)/t8-,10+/m0/s1. The van der Waals surface area contributed by atoms with Crippen LogP contribution < -0.4 is 11.4 Å². The van der Waals surface area contributed by atoms with Gasteiger partial charge in [0.2, 0.25) is 0 Å². The number of nitrogen functional groups attached to an aromatic ring is 1. The van der Waals surface area contributed by atoms with Crippen LogP contribution in [0.2, 0.25) is 0 Å². The van der Waals surface area contributed by atoms with E-state index in [1.54, 1.807) is 0 Å². The van der Waals surface area contributed by atoms with E-state index < -0.39 is 23.6 Å². The lowest BCUT2D eigenvalue weighted by atomic mass is 10.3. The molecule has 0 radical (unpaired) electrons. The number of hydrogen-bond acceptors (Lipinski definition) is 7. The number of anilines is 1. The molecule has 1 aromatic heterocycles. The van der Waals surface area contributed by atoms with Gasteiger partial charge in [-0.2, -0.15) is 4.98 Å². The van der Waals surface area contributed by atoms with Crippen molar-refractivity contribution in [2.75, 3.05) is 18.1 Å². The lowest BCUT2D eigenvalue weighted by molar-refractivity contribution is -0.146. The van der Waals surface area contributed by atoms with Crippen LogP contribution in [-0.2, 0) is 14.3 Å². The molecular weight excluding hydrogens is 301 g/mol. The quantitative estimate of drug-likeness (QED) is 0.806. The fourth-order valence-electron chi connectivity index (χ4n) is 1.78. The molecule has 1 aliphatic rings. The Balaban J connectivity index is 1.95. The van der Waals surface area contributed by atoms with Gasteiger partial charge in [-0.15, -0.1) is 11.8 Å². The molecule has 0 aromatic carbocycles. The normalized spacial score (nSPS) is 21.4. The van der Waals surface area contributed by atoms with Crippen LogP contribution in [0.3, 0.4) is 0 Å². The maximum absolute atomic E-state index is 13.4. The molecule has 1 fully saturated rings. The van der Waals surface area contributed by atoms with Gasteiger partial charge in [-0.1, -0.05) is 6.92 Å². The number of rotatable bonds is 5. The average Bonchev–Trinajstić information content (AvgIpc) is 2.89. The molecule has 2 N–H and O–H groups in total. The molecule has 116 valence electrons. The van der Waals surface area contributed by atoms with Crippen LogP contribution in [0.15, 0.2) is 11.0 Å². The largest absolute Gasteiger partial charge is 0.462 e. The molecular formula is C12H16FN3O4S. The number of nitrogens with two attached hydrogens (primary N) is 1. The van der Waals surface area contributed by atoms with Crippen molar-refractivity contribution in [1.82, 2.24) is 9.55 Å². The molecule has 0 spiro atoms. The Morgan fingerprint density at radius 2 is 2.48 bits per heavy atom. The van der Waals surface area contributed by atoms with Gasteiger partial charge in [-0.3, -0.25) is 9.36 Å². The monoisotopic (exact) mass is 317 g/mol. The summed E-state index contributed by atoms with van der Waals surface area (Å²) in [5.41, 5.74) is 4.16. The van der Waals surface area contributed by atoms with E-state index in [2.05, 4.69) is 4.98 Å².